The molecule has 2 aromatic carbocycles. The fourth-order valence-corrected chi connectivity index (χ4v) is 2.59. The molecule has 0 spiro atoms. The summed E-state index contributed by atoms with van der Waals surface area (Å²) in [6.45, 7) is 4.03. The number of ketones is 1. The van der Waals surface area contributed by atoms with Gasteiger partial charge in [0.25, 0.3) is 0 Å². The molecule has 20 heavy (non-hydrogen) atoms. The molecule has 2 rings (SSSR count). The smallest absolute Gasteiger partial charge is 0.173 e. The van der Waals surface area contributed by atoms with Crippen LogP contribution in [0.3, 0.4) is 0 Å². The van der Waals surface area contributed by atoms with Crippen LogP contribution < -0.4 is 0 Å². The number of rotatable bonds is 4. The van der Waals surface area contributed by atoms with Crippen LogP contribution in [0, 0.1) is 25.5 Å². The summed E-state index contributed by atoms with van der Waals surface area (Å²) in [5, 5.41) is 0. The first-order valence-corrected chi connectivity index (χ1v) is 7.14. The largest absolute Gasteiger partial charge is 0.293 e. The Morgan fingerprint density at radius 1 is 1.00 bits per heavy atom. The standard InChI is InChI=1S/C16H14F2OS/c1-10-3-5-13(7-11(10)2)20-9-16(19)12-4-6-14(17)15(18)8-12/h3-8H,9H2,1-2H3. The minimum Gasteiger partial charge on any atom is -0.293 e. The molecular weight excluding hydrogens is 278 g/mol. The molecule has 0 fully saturated rings. The third-order valence-corrected chi connectivity index (χ3v) is 4.08. The van der Waals surface area contributed by atoms with E-state index in [0.29, 0.717) is 0 Å². The summed E-state index contributed by atoms with van der Waals surface area (Å²) in [5.74, 6) is -1.95. The molecule has 0 heterocycles. The number of carbonyl (C=O) groups excluding carboxylic acids is 1. The monoisotopic (exact) mass is 292 g/mol. The maximum atomic E-state index is 13.1. The van der Waals surface area contributed by atoms with Crippen LogP contribution >= 0.6 is 11.8 Å². The molecule has 4 heteroatoms. The maximum Gasteiger partial charge on any atom is 0.173 e. The number of hydrogen-bond donors (Lipinski definition) is 0. The summed E-state index contributed by atoms with van der Waals surface area (Å²) in [7, 11) is 0. The third kappa shape index (κ3) is 3.45. The predicted octanol–water partition coefficient (Wildman–Crippen LogP) is 4.56. The van der Waals surface area contributed by atoms with E-state index in [4.69, 9.17) is 0 Å². The topological polar surface area (TPSA) is 17.1 Å². The first kappa shape index (κ1) is 14.7. The van der Waals surface area contributed by atoms with Crippen LogP contribution in [0.15, 0.2) is 41.3 Å². The van der Waals surface area contributed by atoms with E-state index in [1.54, 1.807) is 0 Å². The van der Waals surface area contributed by atoms with Crippen molar-refractivity contribution in [1.82, 2.24) is 0 Å². The highest BCUT2D eigenvalue weighted by atomic mass is 32.2. The summed E-state index contributed by atoms with van der Waals surface area (Å²) < 4.78 is 25.9. The SMILES string of the molecule is Cc1ccc(SCC(=O)c2ccc(F)c(F)c2)cc1C. The van der Waals surface area contributed by atoms with Crippen LogP contribution in [0.25, 0.3) is 0 Å². The van der Waals surface area contributed by atoms with E-state index < -0.39 is 11.6 Å². The number of carbonyl (C=O) groups is 1. The van der Waals surface area contributed by atoms with Crippen molar-refractivity contribution >= 4 is 17.5 Å². The summed E-state index contributed by atoms with van der Waals surface area (Å²) in [4.78, 5) is 12.9. The lowest BCUT2D eigenvalue weighted by Crippen LogP contribution is -2.03. The Morgan fingerprint density at radius 3 is 2.40 bits per heavy atom. The number of halogens is 2. The summed E-state index contributed by atoms with van der Waals surface area (Å²) in [6.07, 6.45) is 0. The normalized spacial score (nSPS) is 10.6. The van der Waals surface area contributed by atoms with Gasteiger partial charge in [-0.15, -0.1) is 11.8 Å². The average Bonchev–Trinajstić information content (AvgIpc) is 2.43. The molecule has 0 aliphatic rings. The second-order valence-electron chi connectivity index (χ2n) is 4.59. The van der Waals surface area contributed by atoms with Crippen LogP contribution in [-0.4, -0.2) is 11.5 Å². The number of aryl methyl sites for hydroxylation is 2. The molecule has 0 amide bonds. The van der Waals surface area contributed by atoms with Gasteiger partial charge < -0.3 is 0 Å². The van der Waals surface area contributed by atoms with Crippen LogP contribution in [0.2, 0.25) is 0 Å². The molecule has 1 nitrogen and oxygen atoms in total. The first-order valence-electron chi connectivity index (χ1n) is 6.15. The van der Waals surface area contributed by atoms with Crippen LogP contribution in [-0.2, 0) is 0 Å². The molecule has 0 aliphatic carbocycles. The Labute approximate surface area is 121 Å². The first-order chi connectivity index (χ1) is 9.47. The Kier molecular flexibility index (Phi) is 4.55. The van der Waals surface area contributed by atoms with E-state index in [1.807, 2.05) is 32.0 Å². The fourth-order valence-electron chi connectivity index (χ4n) is 1.71. The zero-order valence-corrected chi connectivity index (χ0v) is 12.1. The number of Topliss-reactive ketones (excluding diaryl/α,β-unsaturated/α-hetero) is 1. The average molecular weight is 292 g/mol. The van der Waals surface area contributed by atoms with E-state index in [1.165, 1.54) is 23.4 Å². The second-order valence-corrected chi connectivity index (χ2v) is 5.64. The summed E-state index contributed by atoms with van der Waals surface area (Å²) >= 11 is 1.39. The molecule has 104 valence electrons. The highest BCUT2D eigenvalue weighted by molar-refractivity contribution is 8.00. The number of thioether (sulfide) groups is 1. The molecule has 0 bridgehead atoms. The van der Waals surface area contributed by atoms with Gasteiger partial charge in [0.2, 0.25) is 0 Å². The minimum absolute atomic E-state index is 0.195. The van der Waals surface area contributed by atoms with Gasteiger partial charge >= 0.3 is 0 Å². The Hall–Kier alpha value is -1.68. The Bertz CT molecular complexity index is 653. The van der Waals surface area contributed by atoms with Gasteiger partial charge in [-0.25, -0.2) is 8.78 Å². The summed E-state index contributed by atoms with van der Waals surface area (Å²) in [5.41, 5.74) is 2.55. The van der Waals surface area contributed by atoms with Crippen molar-refractivity contribution < 1.29 is 13.6 Å². The van der Waals surface area contributed by atoms with E-state index in [0.717, 1.165) is 22.6 Å². The maximum absolute atomic E-state index is 13.1. The van der Waals surface area contributed by atoms with Crippen LogP contribution in [0.1, 0.15) is 21.5 Å². The Morgan fingerprint density at radius 2 is 1.75 bits per heavy atom. The molecule has 2 aromatic rings. The number of benzene rings is 2. The zero-order chi connectivity index (χ0) is 14.7. The second kappa shape index (κ2) is 6.18. The van der Waals surface area contributed by atoms with Crippen molar-refractivity contribution in [1.29, 1.82) is 0 Å². The Balaban J connectivity index is 2.04. The minimum atomic E-state index is -0.993. The lowest BCUT2D eigenvalue weighted by Gasteiger charge is -2.05. The third-order valence-electron chi connectivity index (χ3n) is 3.09. The van der Waals surface area contributed by atoms with Crippen molar-refractivity contribution in [2.75, 3.05) is 5.75 Å². The van der Waals surface area contributed by atoms with Crippen molar-refractivity contribution in [3.63, 3.8) is 0 Å². The van der Waals surface area contributed by atoms with Gasteiger partial charge in [0, 0.05) is 10.5 Å². The van der Waals surface area contributed by atoms with E-state index in [2.05, 4.69) is 0 Å². The molecule has 0 aromatic heterocycles. The van der Waals surface area contributed by atoms with E-state index in [-0.39, 0.29) is 17.1 Å². The molecule has 0 saturated carbocycles. The zero-order valence-electron chi connectivity index (χ0n) is 11.2. The highest BCUT2D eigenvalue weighted by Crippen LogP contribution is 2.22. The van der Waals surface area contributed by atoms with Gasteiger partial charge in [-0.2, -0.15) is 0 Å². The van der Waals surface area contributed by atoms with Crippen molar-refractivity contribution in [2.45, 2.75) is 18.7 Å². The predicted molar refractivity (Wildman–Crippen MR) is 77.3 cm³/mol. The molecule has 0 N–H and O–H groups in total. The lowest BCUT2D eigenvalue weighted by atomic mass is 10.1. The highest BCUT2D eigenvalue weighted by Gasteiger charge is 2.10. The van der Waals surface area contributed by atoms with Gasteiger partial charge in [0.05, 0.1) is 5.75 Å². The van der Waals surface area contributed by atoms with Gasteiger partial charge in [-0.1, -0.05) is 6.07 Å². The number of hydrogen-bond acceptors (Lipinski definition) is 2. The summed E-state index contributed by atoms with van der Waals surface area (Å²) in [6, 6.07) is 9.19. The van der Waals surface area contributed by atoms with Crippen LogP contribution in [0.5, 0.6) is 0 Å². The molecule has 0 atom stereocenters. The quantitative estimate of drug-likeness (QED) is 0.607. The van der Waals surface area contributed by atoms with Gasteiger partial charge in [0.1, 0.15) is 0 Å². The van der Waals surface area contributed by atoms with E-state index >= 15 is 0 Å². The van der Waals surface area contributed by atoms with Gasteiger partial charge in [0.15, 0.2) is 17.4 Å². The molecule has 0 saturated heterocycles. The van der Waals surface area contributed by atoms with Crippen molar-refractivity contribution in [2.24, 2.45) is 0 Å². The lowest BCUT2D eigenvalue weighted by molar-refractivity contribution is 0.102. The molecular formula is C16H14F2OS. The van der Waals surface area contributed by atoms with Crippen molar-refractivity contribution in [3.05, 3.63) is 64.7 Å². The fraction of sp³-hybridized carbons (Fsp3) is 0.188. The van der Waals surface area contributed by atoms with Gasteiger partial charge in [-0.3, -0.25) is 4.79 Å². The molecule has 0 aliphatic heterocycles. The molecule has 0 radical (unpaired) electrons. The molecule has 0 unspecified atom stereocenters. The van der Waals surface area contributed by atoms with E-state index in [9.17, 15) is 13.6 Å². The van der Waals surface area contributed by atoms with Crippen LogP contribution in [0.4, 0.5) is 8.78 Å². The van der Waals surface area contributed by atoms with Crippen molar-refractivity contribution in [3.8, 4) is 0 Å². The van der Waals surface area contributed by atoms with Gasteiger partial charge in [-0.05, 0) is 55.3 Å².